The minimum Gasteiger partial charge on any atom is -0.451 e. The van der Waals surface area contributed by atoms with E-state index in [4.69, 9.17) is 10.2 Å². The molecule has 2 N–H and O–H groups in total. The van der Waals surface area contributed by atoms with Crippen LogP contribution in [0.3, 0.4) is 0 Å². The van der Waals surface area contributed by atoms with Gasteiger partial charge in [-0.2, -0.15) is 0 Å². The molecule has 1 unspecified atom stereocenters. The molecule has 0 spiro atoms. The maximum atomic E-state index is 11.5. The largest absolute Gasteiger partial charge is 0.451 e. The number of nitrogens with two attached hydrogens (primary N) is 1. The van der Waals surface area contributed by atoms with Crippen LogP contribution in [-0.4, -0.2) is 28.2 Å². The van der Waals surface area contributed by atoms with E-state index in [-0.39, 0.29) is 18.2 Å². The number of aromatic nitrogens is 1. The fraction of sp³-hybridized carbons (Fsp3) is 0.444. The summed E-state index contributed by atoms with van der Waals surface area (Å²) in [5.41, 5.74) is 5.82. The maximum Gasteiger partial charge on any atom is 0.223 e. The summed E-state index contributed by atoms with van der Waals surface area (Å²) in [6.45, 7) is 0.750. The zero-order valence-electron chi connectivity index (χ0n) is 8.05. The van der Waals surface area contributed by atoms with Gasteiger partial charge < -0.3 is 15.1 Å². The quantitative estimate of drug-likeness (QED) is 0.727. The summed E-state index contributed by atoms with van der Waals surface area (Å²) < 4.78 is 4.79. The highest BCUT2D eigenvalue weighted by Crippen LogP contribution is 2.19. The van der Waals surface area contributed by atoms with Crippen LogP contribution in [0.4, 0.5) is 0 Å². The van der Waals surface area contributed by atoms with Gasteiger partial charge in [0.05, 0.1) is 18.2 Å². The molecule has 2 amide bonds. The van der Waals surface area contributed by atoms with Crippen molar-refractivity contribution >= 4 is 11.8 Å². The first kappa shape index (κ1) is 9.70. The van der Waals surface area contributed by atoms with Gasteiger partial charge in [-0.3, -0.25) is 9.59 Å². The minimum absolute atomic E-state index is 0.0678. The van der Waals surface area contributed by atoms with Crippen LogP contribution >= 0.6 is 0 Å². The Morgan fingerprint density at radius 3 is 3.07 bits per heavy atom. The first-order valence-corrected chi connectivity index (χ1v) is 4.61. The van der Waals surface area contributed by atoms with Crippen LogP contribution in [0.25, 0.3) is 0 Å². The van der Waals surface area contributed by atoms with Gasteiger partial charge in [0.15, 0.2) is 6.39 Å². The van der Waals surface area contributed by atoms with E-state index in [1.807, 2.05) is 0 Å². The van der Waals surface area contributed by atoms with Gasteiger partial charge in [0, 0.05) is 13.0 Å². The number of amides is 2. The molecule has 15 heavy (non-hydrogen) atoms. The summed E-state index contributed by atoms with van der Waals surface area (Å²) in [5, 5.41) is 0. The fourth-order valence-electron chi connectivity index (χ4n) is 1.63. The predicted molar refractivity (Wildman–Crippen MR) is 49.2 cm³/mol. The van der Waals surface area contributed by atoms with E-state index in [0.717, 1.165) is 0 Å². The lowest BCUT2D eigenvalue weighted by molar-refractivity contribution is -0.128. The van der Waals surface area contributed by atoms with E-state index in [0.29, 0.717) is 18.8 Å². The number of rotatable bonds is 3. The van der Waals surface area contributed by atoms with Crippen molar-refractivity contribution in [2.75, 3.05) is 6.54 Å². The average molecular weight is 209 g/mol. The topological polar surface area (TPSA) is 89.4 Å². The smallest absolute Gasteiger partial charge is 0.223 e. The number of likely N-dealkylation sites (tertiary alicyclic amines) is 1. The van der Waals surface area contributed by atoms with Gasteiger partial charge in [-0.05, 0) is 0 Å². The maximum absolute atomic E-state index is 11.5. The van der Waals surface area contributed by atoms with Gasteiger partial charge in [0.2, 0.25) is 11.8 Å². The van der Waals surface area contributed by atoms with Crippen molar-refractivity contribution in [1.82, 2.24) is 9.88 Å². The monoisotopic (exact) mass is 209 g/mol. The molecular weight excluding hydrogens is 198 g/mol. The Hall–Kier alpha value is -1.85. The van der Waals surface area contributed by atoms with Gasteiger partial charge >= 0.3 is 0 Å². The number of nitrogens with zero attached hydrogens (tertiary/aromatic N) is 2. The Morgan fingerprint density at radius 2 is 2.53 bits per heavy atom. The molecule has 6 heteroatoms. The molecule has 2 heterocycles. The summed E-state index contributed by atoms with van der Waals surface area (Å²) in [4.78, 5) is 27.8. The molecule has 2 rings (SSSR count). The van der Waals surface area contributed by atoms with Crippen LogP contribution in [-0.2, 0) is 16.1 Å². The van der Waals surface area contributed by atoms with Crippen LogP contribution in [0.2, 0.25) is 0 Å². The average Bonchev–Trinajstić information content (AvgIpc) is 2.77. The van der Waals surface area contributed by atoms with Crippen molar-refractivity contribution in [2.45, 2.75) is 13.0 Å². The third-order valence-electron chi connectivity index (χ3n) is 2.45. The number of carbonyl (C=O) groups excluding carboxylic acids is 2. The van der Waals surface area contributed by atoms with E-state index in [1.165, 1.54) is 12.7 Å². The first-order chi connectivity index (χ1) is 7.16. The molecule has 6 nitrogen and oxygen atoms in total. The second-order valence-corrected chi connectivity index (χ2v) is 3.56. The van der Waals surface area contributed by atoms with Crippen molar-refractivity contribution in [3.8, 4) is 0 Å². The molecule has 1 aromatic rings. The molecule has 80 valence electrons. The van der Waals surface area contributed by atoms with Crippen molar-refractivity contribution in [1.29, 1.82) is 0 Å². The highest BCUT2D eigenvalue weighted by Gasteiger charge is 2.33. The molecule has 1 aromatic heterocycles. The number of carbonyl (C=O) groups is 2. The third-order valence-corrected chi connectivity index (χ3v) is 2.45. The molecule has 1 aliphatic rings. The van der Waals surface area contributed by atoms with E-state index >= 15 is 0 Å². The van der Waals surface area contributed by atoms with Gasteiger partial charge in [-0.25, -0.2) is 4.98 Å². The molecule has 0 aromatic carbocycles. The molecule has 0 bridgehead atoms. The van der Waals surface area contributed by atoms with E-state index < -0.39 is 5.91 Å². The second kappa shape index (κ2) is 3.72. The van der Waals surface area contributed by atoms with Crippen LogP contribution < -0.4 is 5.73 Å². The van der Waals surface area contributed by atoms with Crippen molar-refractivity contribution in [3.05, 3.63) is 18.4 Å². The van der Waals surface area contributed by atoms with Gasteiger partial charge in [0.1, 0.15) is 6.26 Å². The van der Waals surface area contributed by atoms with Crippen molar-refractivity contribution in [2.24, 2.45) is 11.7 Å². The lowest BCUT2D eigenvalue weighted by atomic mass is 10.1. The molecule has 1 atom stereocenters. The number of primary amides is 1. The Labute approximate surface area is 86.1 Å². The summed E-state index contributed by atoms with van der Waals surface area (Å²) in [7, 11) is 0. The third kappa shape index (κ3) is 1.98. The molecule has 0 radical (unpaired) electrons. The predicted octanol–water partition coefficient (Wildman–Crippen LogP) is -0.492. The normalized spacial score (nSPS) is 20.9. The highest BCUT2D eigenvalue weighted by molar-refractivity contribution is 5.88. The zero-order chi connectivity index (χ0) is 10.8. The molecule has 1 aliphatic heterocycles. The lowest BCUT2D eigenvalue weighted by Crippen LogP contribution is -2.28. The summed E-state index contributed by atoms with van der Waals surface area (Å²) in [6.07, 6.45) is 2.99. The SMILES string of the molecule is NC(=O)C1CC(=O)N(Cc2cocn2)C1. The first-order valence-electron chi connectivity index (χ1n) is 4.61. The zero-order valence-corrected chi connectivity index (χ0v) is 8.05. The van der Waals surface area contributed by atoms with Crippen LogP contribution in [0.5, 0.6) is 0 Å². The van der Waals surface area contributed by atoms with Crippen LogP contribution in [0.15, 0.2) is 17.1 Å². The highest BCUT2D eigenvalue weighted by atomic mass is 16.3. The Balaban J connectivity index is 2.00. The van der Waals surface area contributed by atoms with Crippen LogP contribution in [0.1, 0.15) is 12.1 Å². The Morgan fingerprint density at radius 1 is 1.73 bits per heavy atom. The molecule has 0 aliphatic carbocycles. The van der Waals surface area contributed by atoms with E-state index in [9.17, 15) is 9.59 Å². The van der Waals surface area contributed by atoms with Crippen molar-refractivity contribution < 1.29 is 14.0 Å². The van der Waals surface area contributed by atoms with Gasteiger partial charge in [-0.15, -0.1) is 0 Å². The lowest BCUT2D eigenvalue weighted by Gasteiger charge is -2.13. The Kier molecular flexibility index (Phi) is 2.40. The van der Waals surface area contributed by atoms with Crippen molar-refractivity contribution in [3.63, 3.8) is 0 Å². The summed E-state index contributed by atoms with van der Waals surface area (Å²) >= 11 is 0. The molecule has 0 saturated carbocycles. The summed E-state index contributed by atoms with van der Waals surface area (Å²) in [5.74, 6) is -0.864. The van der Waals surface area contributed by atoms with Gasteiger partial charge in [0.25, 0.3) is 0 Å². The number of oxazole rings is 1. The molecule has 1 saturated heterocycles. The minimum atomic E-state index is -0.425. The standard InChI is InChI=1S/C9H11N3O3/c10-9(14)6-1-8(13)12(2-6)3-7-4-15-5-11-7/h4-6H,1-3H2,(H2,10,14). The Bertz CT molecular complexity index is 374. The van der Waals surface area contributed by atoms with E-state index in [2.05, 4.69) is 4.98 Å². The van der Waals surface area contributed by atoms with E-state index in [1.54, 1.807) is 4.90 Å². The van der Waals surface area contributed by atoms with Crippen LogP contribution in [0, 0.1) is 5.92 Å². The number of hydrogen-bond acceptors (Lipinski definition) is 4. The molecule has 1 fully saturated rings. The second-order valence-electron chi connectivity index (χ2n) is 3.56. The number of hydrogen-bond donors (Lipinski definition) is 1. The fourth-order valence-corrected chi connectivity index (χ4v) is 1.63. The molecular formula is C9H11N3O3. The van der Waals surface area contributed by atoms with Gasteiger partial charge in [-0.1, -0.05) is 0 Å². The summed E-state index contributed by atoms with van der Waals surface area (Å²) in [6, 6.07) is 0.